The van der Waals surface area contributed by atoms with Gasteiger partial charge >= 0.3 is 6.09 Å². The average Bonchev–Trinajstić information content (AvgIpc) is 3.05. The second-order valence-electron chi connectivity index (χ2n) is 6.36. The Labute approximate surface area is 112 Å². The van der Waals surface area contributed by atoms with Crippen LogP contribution < -0.4 is 0 Å². The van der Waals surface area contributed by atoms with E-state index in [4.69, 9.17) is 4.74 Å². The lowest BCUT2D eigenvalue weighted by molar-refractivity contribution is 0.0203. The summed E-state index contributed by atoms with van der Waals surface area (Å²) in [7, 11) is 0. The van der Waals surface area contributed by atoms with Gasteiger partial charge in [-0.15, -0.1) is 0 Å². The van der Waals surface area contributed by atoms with Gasteiger partial charge in [0.1, 0.15) is 11.4 Å². The number of hydrogen-bond donors (Lipinski definition) is 0. The molecule has 3 rings (SSSR count). The molecule has 1 aliphatic carbocycles. The minimum absolute atomic E-state index is 0.184. The largest absolute Gasteiger partial charge is 0.444 e. The summed E-state index contributed by atoms with van der Waals surface area (Å²) in [6.07, 6.45) is 0.644. The predicted octanol–water partition coefficient (Wildman–Crippen LogP) is 3.43. The van der Waals surface area contributed by atoms with Crippen molar-refractivity contribution in [3.05, 3.63) is 35.1 Å². The highest BCUT2D eigenvalue weighted by Gasteiger charge is 2.50. The van der Waals surface area contributed by atoms with E-state index in [1.807, 2.05) is 20.8 Å². The molecule has 2 unspecified atom stereocenters. The van der Waals surface area contributed by atoms with Crippen molar-refractivity contribution in [2.75, 3.05) is 0 Å². The van der Waals surface area contributed by atoms with Gasteiger partial charge in [-0.05, 0) is 50.5 Å². The van der Waals surface area contributed by atoms with Crippen LogP contribution in [0.3, 0.4) is 0 Å². The van der Waals surface area contributed by atoms with Gasteiger partial charge in [0, 0.05) is 18.5 Å². The Morgan fingerprint density at radius 1 is 1.42 bits per heavy atom. The third-order valence-corrected chi connectivity index (χ3v) is 3.63. The summed E-state index contributed by atoms with van der Waals surface area (Å²) in [5, 5.41) is 0. The molecular formula is C15H18FNO2. The Morgan fingerprint density at radius 2 is 2.16 bits per heavy atom. The van der Waals surface area contributed by atoms with Crippen molar-refractivity contribution in [2.45, 2.75) is 51.3 Å². The third-order valence-electron chi connectivity index (χ3n) is 3.63. The first-order valence-electron chi connectivity index (χ1n) is 6.63. The zero-order valence-electron chi connectivity index (χ0n) is 11.4. The Kier molecular flexibility index (Phi) is 2.59. The van der Waals surface area contributed by atoms with Crippen LogP contribution in [0.2, 0.25) is 0 Å². The molecule has 0 N–H and O–H groups in total. The number of nitrogens with zero attached hydrogens (tertiary/aromatic N) is 1. The molecule has 0 radical (unpaired) electrons. The van der Waals surface area contributed by atoms with E-state index in [-0.39, 0.29) is 23.9 Å². The second kappa shape index (κ2) is 3.95. The molecule has 0 bridgehead atoms. The van der Waals surface area contributed by atoms with Gasteiger partial charge in [-0.2, -0.15) is 0 Å². The molecule has 2 atom stereocenters. The molecule has 1 saturated carbocycles. The number of amides is 1. The van der Waals surface area contributed by atoms with Crippen LogP contribution in [0.15, 0.2) is 18.2 Å². The van der Waals surface area contributed by atoms with Crippen molar-refractivity contribution in [1.82, 2.24) is 4.90 Å². The summed E-state index contributed by atoms with van der Waals surface area (Å²) in [6.45, 7) is 6.11. The molecule has 0 saturated heterocycles. The first kappa shape index (κ1) is 12.5. The molecule has 1 amide bonds. The van der Waals surface area contributed by atoms with Crippen molar-refractivity contribution >= 4 is 6.09 Å². The van der Waals surface area contributed by atoms with E-state index in [1.54, 1.807) is 17.0 Å². The average molecular weight is 263 g/mol. The number of hydrogen-bond acceptors (Lipinski definition) is 2. The number of carbonyl (C=O) groups excluding carboxylic acids is 1. The molecule has 1 heterocycles. The molecule has 102 valence electrons. The maximum Gasteiger partial charge on any atom is 0.410 e. The molecule has 1 aliphatic heterocycles. The van der Waals surface area contributed by atoms with Crippen molar-refractivity contribution in [3.63, 3.8) is 0 Å². The van der Waals surface area contributed by atoms with Crippen LogP contribution in [0.4, 0.5) is 9.18 Å². The van der Waals surface area contributed by atoms with Gasteiger partial charge in [-0.3, -0.25) is 0 Å². The van der Waals surface area contributed by atoms with Crippen molar-refractivity contribution in [3.8, 4) is 0 Å². The maximum atomic E-state index is 13.3. The lowest BCUT2D eigenvalue weighted by Gasteiger charge is -2.31. The highest BCUT2D eigenvalue weighted by molar-refractivity contribution is 5.70. The van der Waals surface area contributed by atoms with Crippen molar-refractivity contribution in [2.24, 2.45) is 0 Å². The number of fused-ring (bicyclic) bond motifs is 3. The number of rotatable bonds is 0. The SMILES string of the molecule is CC(C)(C)OC(=O)N1Cc2ccc(F)cc2C2CC21. The fraction of sp³-hybridized carbons (Fsp3) is 0.533. The molecule has 3 nitrogen and oxygen atoms in total. The molecule has 1 aromatic carbocycles. The van der Waals surface area contributed by atoms with Gasteiger partial charge in [0.2, 0.25) is 0 Å². The molecule has 19 heavy (non-hydrogen) atoms. The van der Waals surface area contributed by atoms with E-state index in [1.165, 1.54) is 6.07 Å². The molecule has 0 spiro atoms. The van der Waals surface area contributed by atoms with Crippen molar-refractivity contribution < 1.29 is 13.9 Å². The zero-order chi connectivity index (χ0) is 13.8. The Morgan fingerprint density at radius 3 is 2.84 bits per heavy atom. The lowest BCUT2D eigenvalue weighted by Crippen LogP contribution is -2.40. The second-order valence-corrected chi connectivity index (χ2v) is 6.36. The van der Waals surface area contributed by atoms with Gasteiger partial charge in [-0.25, -0.2) is 9.18 Å². The van der Waals surface area contributed by atoms with Crippen LogP contribution in [-0.2, 0) is 11.3 Å². The first-order chi connectivity index (χ1) is 8.85. The Balaban J connectivity index is 1.82. The smallest absolute Gasteiger partial charge is 0.410 e. The van der Waals surface area contributed by atoms with Gasteiger partial charge in [-0.1, -0.05) is 6.07 Å². The quantitative estimate of drug-likeness (QED) is 0.717. The van der Waals surface area contributed by atoms with E-state index in [9.17, 15) is 9.18 Å². The molecule has 1 fully saturated rings. The molecule has 4 heteroatoms. The predicted molar refractivity (Wildman–Crippen MR) is 69.3 cm³/mol. The number of carbonyl (C=O) groups is 1. The van der Waals surface area contributed by atoms with Gasteiger partial charge in [0.15, 0.2) is 0 Å². The van der Waals surface area contributed by atoms with Gasteiger partial charge in [0.25, 0.3) is 0 Å². The summed E-state index contributed by atoms with van der Waals surface area (Å²) < 4.78 is 18.7. The normalized spacial score (nSPS) is 24.5. The van der Waals surface area contributed by atoms with E-state index < -0.39 is 5.60 Å². The first-order valence-corrected chi connectivity index (χ1v) is 6.63. The molecule has 2 aliphatic rings. The summed E-state index contributed by atoms with van der Waals surface area (Å²) in [6, 6.07) is 5.02. The third kappa shape index (κ3) is 2.31. The zero-order valence-corrected chi connectivity index (χ0v) is 11.4. The van der Waals surface area contributed by atoms with E-state index in [0.717, 1.165) is 17.5 Å². The van der Waals surface area contributed by atoms with E-state index in [0.29, 0.717) is 6.54 Å². The fourth-order valence-corrected chi connectivity index (χ4v) is 2.74. The summed E-state index contributed by atoms with van der Waals surface area (Å²) in [4.78, 5) is 13.9. The summed E-state index contributed by atoms with van der Waals surface area (Å²) in [5.41, 5.74) is 1.61. The molecule has 1 aromatic rings. The highest BCUT2D eigenvalue weighted by atomic mass is 19.1. The highest BCUT2D eigenvalue weighted by Crippen LogP contribution is 2.50. The number of benzene rings is 1. The van der Waals surface area contributed by atoms with Gasteiger partial charge in [0.05, 0.1) is 0 Å². The van der Waals surface area contributed by atoms with E-state index >= 15 is 0 Å². The topological polar surface area (TPSA) is 29.5 Å². The van der Waals surface area contributed by atoms with Gasteiger partial charge < -0.3 is 9.64 Å². The van der Waals surface area contributed by atoms with Crippen LogP contribution in [0.25, 0.3) is 0 Å². The van der Waals surface area contributed by atoms with Crippen LogP contribution >= 0.6 is 0 Å². The minimum atomic E-state index is -0.482. The monoisotopic (exact) mass is 263 g/mol. The standard InChI is InChI=1S/C15H18FNO2/c1-15(2,3)19-14(18)17-8-9-4-5-10(16)6-11(9)12-7-13(12)17/h4-6,12-13H,7-8H2,1-3H3. The van der Waals surface area contributed by atoms with Crippen LogP contribution in [0, 0.1) is 5.82 Å². The minimum Gasteiger partial charge on any atom is -0.444 e. The summed E-state index contributed by atoms with van der Waals surface area (Å²) in [5.74, 6) is 0.0853. The van der Waals surface area contributed by atoms with Crippen molar-refractivity contribution in [1.29, 1.82) is 0 Å². The lowest BCUT2D eigenvalue weighted by atomic mass is 9.99. The summed E-state index contributed by atoms with van der Waals surface area (Å²) >= 11 is 0. The Bertz CT molecular complexity index is 535. The van der Waals surface area contributed by atoms with Crippen LogP contribution in [-0.4, -0.2) is 22.6 Å². The van der Waals surface area contributed by atoms with Crippen LogP contribution in [0.5, 0.6) is 0 Å². The number of ether oxygens (including phenoxy) is 1. The Hall–Kier alpha value is -1.58. The molecule has 0 aromatic heterocycles. The fourth-order valence-electron chi connectivity index (χ4n) is 2.74. The maximum absolute atomic E-state index is 13.3. The van der Waals surface area contributed by atoms with Crippen LogP contribution in [0.1, 0.15) is 44.2 Å². The molecular weight excluding hydrogens is 245 g/mol. The number of halogens is 1. The van der Waals surface area contributed by atoms with E-state index in [2.05, 4.69) is 0 Å².